The third-order valence-electron chi connectivity index (χ3n) is 4.34. The Balaban J connectivity index is 1.76. The summed E-state index contributed by atoms with van der Waals surface area (Å²) in [5, 5.41) is 3.81. The van der Waals surface area contributed by atoms with Crippen LogP contribution in [0.5, 0.6) is 5.75 Å². The lowest BCUT2D eigenvalue weighted by Crippen LogP contribution is -2.19. The number of rotatable bonds is 5. The highest BCUT2D eigenvalue weighted by atomic mass is 35.5. The van der Waals surface area contributed by atoms with E-state index in [2.05, 4.69) is 20.3 Å². The molecule has 0 radical (unpaired) electrons. The molecule has 0 amide bonds. The fourth-order valence-electron chi connectivity index (χ4n) is 3.03. The summed E-state index contributed by atoms with van der Waals surface area (Å²) in [4.78, 5) is 12.9. The maximum atomic E-state index is 6.18. The van der Waals surface area contributed by atoms with E-state index in [1.165, 1.54) is 32.1 Å². The van der Waals surface area contributed by atoms with Crippen LogP contribution in [-0.4, -0.2) is 28.6 Å². The molecule has 3 N–H and O–H groups in total. The van der Waals surface area contributed by atoms with Crippen LogP contribution in [0, 0.1) is 5.92 Å². The normalized spacial score (nSPS) is 15.2. The van der Waals surface area contributed by atoms with Crippen LogP contribution in [0.1, 0.15) is 32.1 Å². The van der Waals surface area contributed by atoms with Crippen LogP contribution in [0.25, 0.3) is 11.4 Å². The van der Waals surface area contributed by atoms with Crippen LogP contribution >= 0.6 is 11.6 Å². The van der Waals surface area contributed by atoms with Gasteiger partial charge in [0.15, 0.2) is 5.82 Å². The van der Waals surface area contributed by atoms with E-state index >= 15 is 0 Å². The summed E-state index contributed by atoms with van der Waals surface area (Å²) in [5.41, 5.74) is 6.61. The second-order valence-electron chi connectivity index (χ2n) is 6.08. The van der Waals surface area contributed by atoms with E-state index in [-0.39, 0.29) is 5.95 Å². The van der Waals surface area contributed by atoms with E-state index in [4.69, 9.17) is 22.1 Å². The van der Waals surface area contributed by atoms with Crippen molar-refractivity contribution in [1.29, 1.82) is 0 Å². The van der Waals surface area contributed by atoms with Crippen LogP contribution in [-0.2, 0) is 0 Å². The maximum Gasteiger partial charge on any atom is 0.228 e. The number of ether oxygens (including phenoxy) is 1. The molecule has 1 aromatic heterocycles. The summed E-state index contributed by atoms with van der Waals surface area (Å²) in [5.74, 6) is 2.49. The van der Waals surface area contributed by atoms with E-state index in [0.29, 0.717) is 28.5 Å². The van der Waals surface area contributed by atoms with Crippen molar-refractivity contribution in [3.05, 3.63) is 23.2 Å². The van der Waals surface area contributed by atoms with Crippen molar-refractivity contribution in [2.24, 2.45) is 5.92 Å². The van der Waals surface area contributed by atoms with E-state index in [0.717, 1.165) is 12.1 Å². The Bertz CT molecular complexity index is 703. The van der Waals surface area contributed by atoms with Gasteiger partial charge in [0.25, 0.3) is 0 Å². The maximum absolute atomic E-state index is 6.18. The van der Waals surface area contributed by atoms with Crippen molar-refractivity contribution in [3.63, 3.8) is 0 Å². The molecule has 1 aromatic carbocycles. The third-order valence-corrected chi connectivity index (χ3v) is 4.63. The first kappa shape index (κ1) is 16.8. The predicted octanol–water partition coefficient (Wildman–Crippen LogP) is 3.78. The zero-order valence-electron chi connectivity index (χ0n) is 13.8. The predicted molar refractivity (Wildman–Crippen MR) is 96.3 cm³/mol. The highest BCUT2D eigenvalue weighted by Crippen LogP contribution is 2.29. The molecule has 0 atom stereocenters. The Hall–Kier alpha value is -2.08. The van der Waals surface area contributed by atoms with Crippen LogP contribution in [0.2, 0.25) is 5.02 Å². The molecule has 1 saturated carbocycles. The van der Waals surface area contributed by atoms with Crippen LogP contribution in [0.4, 0.5) is 11.9 Å². The Morgan fingerprint density at radius 1 is 1.21 bits per heavy atom. The molecular formula is C17H22ClN5O. The van der Waals surface area contributed by atoms with Crippen molar-refractivity contribution >= 4 is 23.5 Å². The molecule has 6 nitrogen and oxygen atoms in total. The molecule has 3 rings (SSSR count). The topological polar surface area (TPSA) is 86.0 Å². The lowest BCUT2D eigenvalue weighted by molar-refractivity contribution is 0.373. The molecule has 1 heterocycles. The van der Waals surface area contributed by atoms with Crippen molar-refractivity contribution < 1.29 is 4.74 Å². The second kappa shape index (κ2) is 7.66. The molecule has 128 valence electrons. The van der Waals surface area contributed by atoms with E-state index in [9.17, 15) is 0 Å². The number of nitrogen functional groups attached to an aromatic ring is 1. The van der Waals surface area contributed by atoms with Crippen molar-refractivity contribution in [3.8, 4) is 17.1 Å². The van der Waals surface area contributed by atoms with Crippen molar-refractivity contribution in [2.45, 2.75) is 32.1 Å². The summed E-state index contributed by atoms with van der Waals surface area (Å²) in [6, 6.07) is 5.40. The zero-order valence-corrected chi connectivity index (χ0v) is 14.5. The summed E-state index contributed by atoms with van der Waals surface area (Å²) < 4.78 is 5.17. The van der Waals surface area contributed by atoms with E-state index < -0.39 is 0 Å². The van der Waals surface area contributed by atoms with E-state index in [1.54, 1.807) is 19.2 Å². The summed E-state index contributed by atoms with van der Waals surface area (Å²) >= 11 is 6.18. The molecule has 1 aliphatic carbocycles. The molecule has 0 unspecified atom stereocenters. The first-order valence-corrected chi connectivity index (χ1v) is 8.63. The van der Waals surface area contributed by atoms with Gasteiger partial charge in [-0.25, -0.2) is 0 Å². The standard InChI is InChI=1S/C17H22ClN5O/c1-24-14-8-7-12(9-13(14)18)15-21-16(19)23-17(22-15)20-10-11-5-3-2-4-6-11/h7-9,11H,2-6,10H2,1H3,(H3,19,20,21,22,23). The zero-order chi connectivity index (χ0) is 16.9. The molecule has 0 aliphatic heterocycles. The first-order valence-electron chi connectivity index (χ1n) is 8.25. The number of halogens is 1. The van der Waals surface area contributed by atoms with Gasteiger partial charge in [-0.2, -0.15) is 15.0 Å². The molecule has 0 bridgehead atoms. The lowest BCUT2D eigenvalue weighted by atomic mass is 9.89. The van der Waals surface area contributed by atoms with Crippen molar-refractivity contribution in [2.75, 3.05) is 24.7 Å². The Kier molecular flexibility index (Phi) is 5.35. The van der Waals surface area contributed by atoms with Crippen LogP contribution in [0.15, 0.2) is 18.2 Å². The number of hydrogen-bond donors (Lipinski definition) is 2. The third kappa shape index (κ3) is 4.06. The molecule has 0 saturated heterocycles. The molecule has 0 spiro atoms. The van der Waals surface area contributed by atoms with Gasteiger partial charge in [0.05, 0.1) is 12.1 Å². The van der Waals surface area contributed by atoms with Crippen LogP contribution < -0.4 is 15.8 Å². The number of nitrogens with one attached hydrogen (secondary N) is 1. The van der Waals surface area contributed by atoms with Gasteiger partial charge in [-0.05, 0) is 37.0 Å². The summed E-state index contributed by atoms with van der Waals surface area (Å²) in [6.07, 6.45) is 6.48. The Labute approximate surface area is 146 Å². The SMILES string of the molecule is COc1ccc(-c2nc(N)nc(NCC3CCCCC3)n2)cc1Cl. The van der Waals surface area contributed by atoms with E-state index in [1.807, 2.05) is 6.07 Å². The second-order valence-corrected chi connectivity index (χ2v) is 6.48. The average Bonchev–Trinajstić information content (AvgIpc) is 2.60. The minimum Gasteiger partial charge on any atom is -0.495 e. The van der Waals surface area contributed by atoms with Gasteiger partial charge < -0.3 is 15.8 Å². The van der Waals surface area contributed by atoms with Crippen molar-refractivity contribution in [1.82, 2.24) is 15.0 Å². The molecule has 2 aromatic rings. The highest BCUT2D eigenvalue weighted by molar-refractivity contribution is 6.32. The average molecular weight is 348 g/mol. The van der Waals surface area contributed by atoms with Gasteiger partial charge in [-0.3, -0.25) is 0 Å². The summed E-state index contributed by atoms with van der Waals surface area (Å²) in [7, 11) is 1.58. The molecule has 24 heavy (non-hydrogen) atoms. The van der Waals surface area contributed by atoms with Gasteiger partial charge in [0.2, 0.25) is 11.9 Å². The monoisotopic (exact) mass is 347 g/mol. The fourth-order valence-corrected chi connectivity index (χ4v) is 3.29. The number of hydrogen-bond acceptors (Lipinski definition) is 6. The van der Waals surface area contributed by atoms with Gasteiger partial charge >= 0.3 is 0 Å². The number of anilines is 2. The highest BCUT2D eigenvalue weighted by Gasteiger charge is 2.14. The Morgan fingerprint density at radius 2 is 2.00 bits per heavy atom. The fraction of sp³-hybridized carbons (Fsp3) is 0.471. The molecule has 1 fully saturated rings. The minimum atomic E-state index is 0.193. The lowest BCUT2D eigenvalue weighted by Gasteiger charge is -2.21. The number of nitrogens with two attached hydrogens (primary N) is 1. The number of aromatic nitrogens is 3. The molecule has 1 aliphatic rings. The Morgan fingerprint density at radius 3 is 2.71 bits per heavy atom. The van der Waals surface area contributed by atoms with Gasteiger partial charge in [0.1, 0.15) is 5.75 Å². The van der Waals surface area contributed by atoms with Gasteiger partial charge in [-0.1, -0.05) is 30.9 Å². The number of benzene rings is 1. The van der Waals surface area contributed by atoms with Gasteiger partial charge in [0, 0.05) is 12.1 Å². The quantitative estimate of drug-likeness (QED) is 0.856. The number of nitrogens with zero attached hydrogens (tertiary/aromatic N) is 3. The summed E-state index contributed by atoms with van der Waals surface area (Å²) in [6.45, 7) is 0.867. The molecule has 7 heteroatoms. The minimum absolute atomic E-state index is 0.193. The first-order chi connectivity index (χ1) is 11.7. The van der Waals surface area contributed by atoms with Gasteiger partial charge in [-0.15, -0.1) is 0 Å². The molecular weight excluding hydrogens is 326 g/mol. The number of methoxy groups -OCH3 is 1. The smallest absolute Gasteiger partial charge is 0.228 e. The van der Waals surface area contributed by atoms with Crippen LogP contribution in [0.3, 0.4) is 0 Å². The largest absolute Gasteiger partial charge is 0.495 e.